The maximum Gasteiger partial charge on any atom is 0.253 e. The van der Waals surface area contributed by atoms with Gasteiger partial charge in [0.15, 0.2) is 0 Å². The van der Waals surface area contributed by atoms with Gasteiger partial charge in [0.05, 0.1) is 0 Å². The number of amides is 1. The van der Waals surface area contributed by atoms with Crippen molar-refractivity contribution in [2.45, 2.75) is 19.0 Å². The molecule has 4 nitrogen and oxygen atoms in total. The lowest BCUT2D eigenvalue weighted by Gasteiger charge is -2.20. The van der Waals surface area contributed by atoms with E-state index in [0.717, 1.165) is 31.6 Å². The summed E-state index contributed by atoms with van der Waals surface area (Å²) >= 11 is 0. The van der Waals surface area contributed by atoms with Crippen molar-refractivity contribution in [2.75, 3.05) is 27.2 Å². The highest BCUT2D eigenvalue weighted by Crippen LogP contribution is 2.19. The fourth-order valence-electron chi connectivity index (χ4n) is 3.76. The van der Waals surface area contributed by atoms with E-state index in [4.69, 9.17) is 0 Å². The third-order valence-electron chi connectivity index (χ3n) is 5.41. The predicted octanol–water partition coefficient (Wildman–Crippen LogP) is 3.47. The number of likely N-dealkylation sites (tertiary alicyclic amines) is 1. The van der Waals surface area contributed by atoms with Crippen molar-refractivity contribution >= 4 is 16.8 Å². The van der Waals surface area contributed by atoms with Gasteiger partial charge in [-0.2, -0.15) is 0 Å². The van der Waals surface area contributed by atoms with Crippen LogP contribution in [0.1, 0.15) is 22.3 Å². The Morgan fingerprint density at radius 3 is 2.58 bits per heavy atom. The maximum atomic E-state index is 12.7. The fraction of sp³-hybridized carbons (Fsp3) is 0.318. The van der Waals surface area contributed by atoms with Gasteiger partial charge in [-0.1, -0.05) is 30.3 Å². The Kier molecular flexibility index (Phi) is 4.51. The molecule has 3 aromatic rings. The molecule has 2 heterocycles. The number of para-hydroxylation sites is 1. The number of likely N-dealkylation sites (N-methyl/N-ethyl adjacent to an activating group) is 1. The van der Waals surface area contributed by atoms with Crippen LogP contribution >= 0.6 is 0 Å². The van der Waals surface area contributed by atoms with Gasteiger partial charge in [-0.05, 0) is 55.7 Å². The molecule has 1 aliphatic heterocycles. The largest absolute Gasteiger partial charge is 0.343 e. The van der Waals surface area contributed by atoms with Crippen LogP contribution in [0.5, 0.6) is 0 Å². The lowest BCUT2D eigenvalue weighted by Crippen LogP contribution is -2.34. The van der Waals surface area contributed by atoms with Gasteiger partial charge >= 0.3 is 0 Å². The zero-order valence-corrected chi connectivity index (χ0v) is 15.4. The molecule has 4 heteroatoms. The molecule has 0 N–H and O–H groups in total. The average Bonchev–Trinajstić information content (AvgIpc) is 3.30. The summed E-state index contributed by atoms with van der Waals surface area (Å²) in [6, 6.07) is 19.1. The van der Waals surface area contributed by atoms with Gasteiger partial charge in [0, 0.05) is 43.0 Å². The van der Waals surface area contributed by atoms with Crippen LogP contribution in [-0.4, -0.2) is 53.5 Å². The van der Waals surface area contributed by atoms with Crippen LogP contribution in [0.2, 0.25) is 0 Å². The van der Waals surface area contributed by atoms with E-state index in [1.807, 2.05) is 17.0 Å². The van der Waals surface area contributed by atoms with Gasteiger partial charge < -0.3 is 14.4 Å². The molecule has 1 atom stereocenters. The minimum absolute atomic E-state index is 0.146. The Hall–Kier alpha value is -2.59. The monoisotopic (exact) mass is 347 g/mol. The molecule has 0 bridgehead atoms. The third-order valence-corrected chi connectivity index (χ3v) is 5.41. The van der Waals surface area contributed by atoms with Gasteiger partial charge in [-0.25, -0.2) is 0 Å². The number of rotatable bonds is 4. The van der Waals surface area contributed by atoms with Crippen molar-refractivity contribution in [3.63, 3.8) is 0 Å². The second-order valence-corrected chi connectivity index (χ2v) is 7.36. The number of carbonyl (C=O) groups excluding carboxylic acids is 1. The first-order valence-electron chi connectivity index (χ1n) is 9.20. The molecular formula is C22H25N3O. The van der Waals surface area contributed by atoms with Crippen LogP contribution in [0.4, 0.5) is 0 Å². The van der Waals surface area contributed by atoms with Crippen LogP contribution in [0, 0.1) is 0 Å². The first-order valence-corrected chi connectivity index (χ1v) is 9.20. The summed E-state index contributed by atoms with van der Waals surface area (Å²) in [4.78, 5) is 16.9. The van der Waals surface area contributed by atoms with E-state index >= 15 is 0 Å². The molecular weight excluding hydrogens is 322 g/mol. The molecule has 1 aromatic heterocycles. The van der Waals surface area contributed by atoms with Crippen LogP contribution in [-0.2, 0) is 6.54 Å². The number of hydrogen-bond donors (Lipinski definition) is 0. The third kappa shape index (κ3) is 3.25. The van der Waals surface area contributed by atoms with Crippen molar-refractivity contribution in [1.29, 1.82) is 0 Å². The molecule has 1 amide bonds. The Balaban J connectivity index is 1.46. The van der Waals surface area contributed by atoms with Gasteiger partial charge in [-0.3, -0.25) is 4.79 Å². The van der Waals surface area contributed by atoms with Gasteiger partial charge in [0.2, 0.25) is 0 Å². The fourth-order valence-corrected chi connectivity index (χ4v) is 3.76. The molecule has 1 unspecified atom stereocenters. The molecule has 0 radical (unpaired) electrons. The second-order valence-electron chi connectivity index (χ2n) is 7.36. The molecule has 134 valence electrons. The predicted molar refractivity (Wildman–Crippen MR) is 105 cm³/mol. The molecule has 26 heavy (non-hydrogen) atoms. The van der Waals surface area contributed by atoms with E-state index in [9.17, 15) is 4.79 Å². The summed E-state index contributed by atoms with van der Waals surface area (Å²) < 4.78 is 2.24. The van der Waals surface area contributed by atoms with Crippen LogP contribution in [0.15, 0.2) is 60.8 Å². The summed E-state index contributed by atoms with van der Waals surface area (Å²) in [5.41, 5.74) is 3.22. The summed E-state index contributed by atoms with van der Waals surface area (Å²) in [6.45, 7) is 2.48. The van der Waals surface area contributed by atoms with Gasteiger partial charge in [0.25, 0.3) is 5.91 Å². The number of fused-ring (bicyclic) bond motifs is 1. The smallest absolute Gasteiger partial charge is 0.253 e. The SMILES string of the molecule is CN(C)C1CCN(C(=O)c2ccc(Cn3ccc4ccccc43)cc2)C1. The first-order chi connectivity index (χ1) is 12.6. The molecule has 1 fully saturated rings. The Bertz CT molecular complexity index is 911. The van der Waals surface area contributed by atoms with Gasteiger partial charge in [-0.15, -0.1) is 0 Å². The molecule has 0 saturated carbocycles. The topological polar surface area (TPSA) is 28.5 Å². The normalized spacial score (nSPS) is 17.3. The van der Waals surface area contributed by atoms with Crippen molar-refractivity contribution in [3.8, 4) is 0 Å². The van der Waals surface area contributed by atoms with Crippen molar-refractivity contribution in [2.24, 2.45) is 0 Å². The standard InChI is InChI=1S/C22H25N3O/c1-23(2)20-12-14-25(16-20)22(26)19-9-7-17(8-10-19)15-24-13-11-18-5-3-4-6-21(18)24/h3-11,13,20H,12,14-16H2,1-2H3. The molecule has 1 aliphatic rings. The lowest BCUT2D eigenvalue weighted by molar-refractivity contribution is 0.0783. The van der Waals surface area contributed by atoms with Crippen LogP contribution in [0.25, 0.3) is 10.9 Å². The van der Waals surface area contributed by atoms with Crippen LogP contribution in [0.3, 0.4) is 0 Å². The number of carbonyl (C=O) groups is 1. The summed E-state index contributed by atoms with van der Waals surface area (Å²) in [6.07, 6.45) is 3.17. The summed E-state index contributed by atoms with van der Waals surface area (Å²) in [5, 5.41) is 1.25. The van der Waals surface area contributed by atoms with E-state index in [2.05, 4.69) is 72.2 Å². The van der Waals surface area contributed by atoms with Crippen molar-refractivity contribution < 1.29 is 4.79 Å². The van der Waals surface area contributed by atoms with Crippen molar-refractivity contribution in [1.82, 2.24) is 14.4 Å². The summed E-state index contributed by atoms with van der Waals surface area (Å²) in [7, 11) is 4.16. The van der Waals surface area contributed by atoms with E-state index < -0.39 is 0 Å². The van der Waals surface area contributed by atoms with E-state index in [1.165, 1.54) is 16.5 Å². The Morgan fingerprint density at radius 2 is 1.85 bits per heavy atom. The molecule has 4 rings (SSSR count). The van der Waals surface area contributed by atoms with E-state index in [-0.39, 0.29) is 5.91 Å². The Labute approximate surface area is 154 Å². The zero-order valence-electron chi connectivity index (χ0n) is 15.4. The number of nitrogens with zero attached hydrogens (tertiary/aromatic N) is 3. The molecule has 1 saturated heterocycles. The average molecular weight is 347 g/mol. The molecule has 2 aromatic carbocycles. The first kappa shape index (κ1) is 16.9. The molecule has 0 aliphatic carbocycles. The number of aromatic nitrogens is 1. The minimum Gasteiger partial charge on any atom is -0.343 e. The number of benzene rings is 2. The quantitative estimate of drug-likeness (QED) is 0.723. The van der Waals surface area contributed by atoms with Crippen molar-refractivity contribution in [3.05, 3.63) is 71.9 Å². The summed E-state index contributed by atoms with van der Waals surface area (Å²) in [5.74, 6) is 0.146. The maximum absolute atomic E-state index is 12.7. The lowest BCUT2D eigenvalue weighted by atomic mass is 10.1. The van der Waals surface area contributed by atoms with Crippen LogP contribution < -0.4 is 0 Å². The van der Waals surface area contributed by atoms with Gasteiger partial charge in [0.1, 0.15) is 0 Å². The van der Waals surface area contributed by atoms with E-state index in [0.29, 0.717) is 6.04 Å². The molecule has 0 spiro atoms. The highest BCUT2D eigenvalue weighted by atomic mass is 16.2. The highest BCUT2D eigenvalue weighted by Gasteiger charge is 2.27. The van der Waals surface area contributed by atoms with E-state index in [1.54, 1.807) is 0 Å². The minimum atomic E-state index is 0.146. The number of hydrogen-bond acceptors (Lipinski definition) is 2. The highest BCUT2D eigenvalue weighted by molar-refractivity contribution is 5.94. The second kappa shape index (κ2) is 6.96. The Morgan fingerprint density at radius 1 is 1.08 bits per heavy atom. The zero-order chi connectivity index (χ0) is 18.1.